The third-order valence-electron chi connectivity index (χ3n) is 1.35. The van der Waals surface area contributed by atoms with Crippen molar-refractivity contribution in [3.8, 4) is 0 Å². The second kappa shape index (κ2) is 5.61. The van der Waals surface area contributed by atoms with E-state index in [0.29, 0.717) is 0 Å². The molecule has 0 aliphatic carbocycles. The van der Waals surface area contributed by atoms with Crippen LogP contribution < -0.4 is 0 Å². The quantitative estimate of drug-likeness (QED) is 0.594. The van der Waals surface area contributed by atoms with E-state index in [1.54, 1.807) is 0 Å². The van der Waals surface area contributed by atoms with Gasteiger partial charge in [0.15, 0.2) is 0 Å². The van der Waals surface area contributed by atoms with Gasteiger partial charge >= 0.3 is 18.1 Å². The molecule has 0 spiro atoms. The van der Waals surface area contributed by atoms with Crippen LogP contribution in [0.4, 0.5) is 22.0 Å². The number of carbonyl (C=O) groups is 2. The summed E-state index contributed by atoms with van der Waals surface area (Å²) >= 11 is 0. The Balaban J connectivity index is 4.31. The molecule has 0 aliphatic heterocycles. The first kappa shape index (κ1) is 14.6. The Kier molecular flexibility index (Phi) is 5.12. The zero-order chi connectivity index (χ0) is 12.9. The summed E-state index contributed by atoms with van der Waals surface area (Å²) in [6, 6.07) is 0. The Morgan fingerprint density at radius 3 is 2.00 bits per heavy atom. The van der Waals surface area contributed by atoms with Crippen molar-refractivity contribution in [1.29, 1.82) is 0 Å². The Labute approximate surface area is 86.0 Å². The molecule has 0 bridgehead atoms. The SMILES string of the molecule is O=C(O)CCC(=O)OC(C(F)F)C(F)(F)F. The zero-order valence-corrected chi connectivity index (χ0v) is 7.63. The maximum absolute atomic E-state index is 11.9. The third-order valence-corrected chi connectivity index (χ3v) is 1.35. The van der Waals surface area contributed by atoms with Crippen LogP contribution in [0.15, 0.2) is 0 Å². The van der Waals surface area contributed by atoms with Gasteiger partial charge in [-0.15, -0.1) is 0 Å². The molecule has 0 aliphatic rings. The molecule has 94 valence electrons. The smallest absolute Gasteiger partial charge is 0.431 e. The predicted molar refractivity (Wildman–Crippen MR) is 38.8 cm³/mol. The van der Waals surface area contributed by atoms with Crippen molar-refractivity contribution in [2.75, 3.05) is 0 Å². The fourth-order valence-corrected chi connectivity index (χ4v) is 0.671. The van der Waals surface area contributed by atoms with Gasteiger partial charge in [0.1, 0.15) is 0 Å². The van der Waals surface area contributed by atoms with E-state index in [4.69, 9.17) is 5.11 Å². The predicted octanol–water partition coefficient (Wildman–Crippen LogP) is 1.59. The van der Waals surface area contributed by atoms with Gasteiger partial charge in [-0.2, -0.15) is 13.2 Å². The molecule has 0 amide bonds. The number of carboxylic acid groups (broad SMARTS) is 1. The maximum atomic E-state index is 11.9. The Morgan fingerprint density at radius 1 is 1.19 bits per heavy atom. The molecule has 9 heteroatoms. The van der Waals surface area contributed by atoms with Crippen molar-refractivity contribution in [3.63, 3.8) is 0 Å². The molecule has 1 unspecified atom stereocenters. The molecule has 0 aromatic heterocycles. The third kappa shape index (κ3) is 5.47. The fraction of sp³-hybridized carbons (Fsp3) is 0.714. The number of carboxylic acids is 1. The number of halogens is 5. The van der Waals surface area contributed by atoms with Crippen LogP contribution in [-0.4, -0.2) is 35.8 Å². The van der Waals surface area contributed by atoms with Crippen molar-refractivity contribution >= 4 is 11.9 Å². The van der Waals surface area contributed by atoms with Crippen molar-refractivity contribution in [2.24, 2.45) is 0 Å². The van der Waals surface area contributed by atoms with E-state index >= 15 is 0 Å². The summed E-state index contributed by atoms with van der Waals surface area (Å²) in [5.74, 6) is -3.08. The molecular formula is C7H7F5O4. The number of hydrogen-bond donors (Lipinski definition) is 1. The van der Waals surface area contributed by atoms with E-state index in [-0.39, 0.29) is 0 Å². The van der Waals surface area contributed by atoms with E-state index in [9.17, 15) is 31.5 Å². The lowest BCUT2D eigenvalue weighted by molar-refractivity contribution is -0.249. The van der Waals surface area contributed by atoms with Crippen LogP contribution in [-0.2, 0) is 14.3 Å². The first-order valence-corrected chi connectivity index (χ1v) is 3.90. The lowest BCUT2D eigenvalue weighted by Gasteiger charge is -2.19. The van der Waals surface area contributed by atoms with Gasteiger partial charge in [-0.3, -0.25) is 9.59 Å². The normalized spacial score (nSPS) is 13.6. The summed E-state index contributed by atoms with van der Waals surface area (Å²) < 4.78 is 62.7. The van der Waals surface area contributed by atoms with E-state index in [1.165, 1.54) is 0 Å². The summed E-state index contributed by atoms with van der Waals surface area (Å²) in [7, 11) is 0. The Morgan fingerprint density at radius 2 is 1.69 bits per heavy atom. The summed E-state index contributed by atoms with van der Waals surface area (Å²) in [6.07, 6.45) is -14.5. The highest BCUT2D eigenvalue weighted by Crippen LogP contribution is 2.27. The van der Waals surface area contributed by atoms with Gasteiger partial charge in [-0.1, -0.05) is 0 Å². The molecule has 0 saturated heterocycles. The van der Waals surface area contributed by atoms with Crippen LogP contribution in [0.25, 0.3) is 0 Å². The minimum Gasteiger partial charge on any atom is -0.481 e. The standard InChI is InChI=1S/C7H7F5O4/c8-6(9)5(7(10,11)12)16-4(15)2-1-3(13)14/h5-6H,1-2H2,(H,13,14). The molecule has 0 radical (unpaired) electrons. The maximum Gasteiger partial charge on any atom is 0.431 e. The molecule has 4 nitrogen and oxygen atoms in total. The number of rotatable bonds is 5. The van der Waals surface area contributed by atoms with Gasteiger partial charge in [0, 0.05) is 0 Å². The van der Waals surface area contributed by atoms with Gasteiger partial charge in [0.05, 0.1) is 12.8 Å². The fourth-order valence-electron chi connectivity index (χ4n) is 0.671. The van der Waals surface area contributed by atoms with E-state index < -0.39 is 43.5 Å². The van der Waals surface area contributed by atoms with Crippen molar-refractivity contribution in [3.05, 3.63) is 0 Å². The van der Waals surface area contributed by atoms with Crippen LogP contribution in [0, 0.1) is 0 Å². The van der Waals surface area contributed by atoms with Crippen LogP contribution in [0.1, 0.15) is 12.8 Å². The molecule has 0 fully saturated rings. The molecule has 0 heterocycles. The summed E-state index contributed by atoms with van der Waals surface area (Å²) in [4.78, 5) is 20.5. The van der Waals surface area contributed by atoms with Crippen LogP contribution in [0.2, 0.25) is 0 Å². The van der Waals surface area contributed by atoms with Gasteiger partial charge < -0.3 is 9.84 Å². The second-order valence-electron chi connectivity index (χ2n) is 2.68. The van der Waals surface area contributed by atoms with E-state index in [1.807, 2.05) is 0 Å². The molecule has 0 aromatic carbocycles. The lowest BCUT2D eigenvalue weighted by atomic mass is 10.3. The lowest BCUT2D eigenvalue weighted by Crippen LogP contribution is -2.39. The Bertz CT molecular complexity index is 262. The van der Waals surface area contributed by atoms with Crippen molar-refractivity contribution in [1.82, 2.24) is 0 Å². The number of carbonyl (C=O) groups excluding carboxylic acids is 1. The number of esters is 1. The van der Waals surface area contributed by atoms with Crippen LogP contribution >= 0.6 is 0 Å². The number of alkyl halides is 5. The van der Waals surface area contributed by atoms with Gasteiger partial charge in [-0.05, 0) is 0 Å². The molecule has 0 aromatic rings. The van der Waals surface area contributed by atoms with E-state index in [2.05, 4.69) is 4.74 Å². The summed E-state index contributed by atoms with van der Waals surface area (Å²) in [5, 5.41) is 8.09. The highest BCUT2D eigenvalue weighted by molar-refractivity contribution is 5.76. The first-order chi connectivity index (χ1) is 7.14. The average molecular weight is 250 g/mol. The van der Waals surface area contributed by atoms with Gasteiger partial charge in [-0.25, -0.2) is 8.78 Å². The number of aliphatic carboxylic acids is 1. The van der Waals surface area contributed by atoms with Crippen molar-refractivity contribution < 1.29 is 41.4 Å². The van der Waals surface area contributed by atoms with Crippen molar-refractivity contribution in [2.45, 2.75) is 31.5 Å². The van der Waals surface area contributed by atoms with Crippen LogP contribution in [0.5, 0.6) is 0 Å². The van der Waals surface area contributed by atoms with E-state index in [0.717, 1.165) is 0 Å². The topological polar surface area (TPSA) is 63.6 Å². The molecule has 0 saturated carbocycles. The van der Waals surface area contributed by atoms with Gasteiger partial charge in [0.25, 0.3) is 12.5 Å². The minimum atomic E-state index is -5.38. The molecular weight excluding hydrogens is 243 g/mol. The summed E-state index contributed by atoms with van der Waals surface area (Å²) in [5.41, 5.74) is 0. The average Bonchev–Trinajstić information content (AvgIpc) is 2.08. The largest absolute Gasteiger partial charge is 0.481 e. The monoisotopic (exact) mass is 250 g/mol. The minimum absolute atomic E-state index is 0.785. The highest BCUT2D eigenvalue weighted by atomic mass is 19.4. The first-order valence-electron chi connectivity index (χ1n) is 3.90. The zero-order valence-electron chi connectivity index (χ0n) is 7.63. The molecule has 16 heavy (non-hydrogen) atoms. The van der Waals surface area contributed by atoms with Crippen LogP contribution in [0.3, 0.4) is 0 Å². The molecule has 1 N–H and O–H groups in total. The molecule has 0 rings (SSSR count). The summed E-state index contributed by atoms with van der Waals surface area (Å²) in [6.45, 7) is 0. The second-order valence-corrected chi connectivity index (χ2v) is 2.68. The molecule has 1 atom stereocenters. The number of hydrogen-bond acceptors (Lipinski definition) is 3. The number of ether oxygens (including phenoxy) is 1. The highest BCUT2D eigenvalue weighted by Gasteiger charge is 2.49. The van der Waals surface area contributed by atoms with Gasteiger partial charge in [0.2, 0.25) is 0 Å². The Hall–Kier alpha value is -1.41.